The molecule has 1 saturated heterocycles. The van der Waals surface area contributed by atoms with Crippen molar-refractivity contribution in [3.8, 4) is 0 Å². The van der Waals surface area contributed by atoms with Crippen molar-refractivity contribution in [2.45, 2.75) is 24.6 Å². The summed E-state index contributed by atoms with van der Waals surface area (Å²) in [5, 5.41) is 19.4. The molecule has 0 unspecified atom stereocenters. The molecule has 1 aliphatic rings. The fraction of sp³-hybridized carbons (Fsp3) is 0.625. The molecular formula is C8H14N3O8P. The molecule has 0 aliphatic carbocycles. The number of phosphoric ester groups is 1. The maximum Gasteiger partial charge on any atom is 0.469 e. The number of ether oxygens (including phenoxy) is 1. The Morgan fingerprint density at radius 2 is 2.15 bits per heavy atom. The second kappa shape index (κ2) is 5.66. The van der Waals surface area contributed by atoms with Gasteiger partial charge >= 0.3 is 7.82 Å². The van der Waals surface area contributed by atoms with E-state index in [2.05, 4.69) is 9.51 Å². The number of aromatic nitrogens is 2. The molecule has 0 saturated carbocycles. The molecule has 1 aromatic heterocycles. The topological polar surface area (TPSA) is 170 Å². The van der Waals surface area contributed by atoms with Gasteiger partial charge in [0.15, 0.2) is 0 Å². The van der Waals surface area contributed by atoms with Crippen LogP contribution in [0.5, 0.6) is 0 Å². The summed E-state index contributed by atoms with van der Waals surface area (Å²) in [6.07, 6.45) is -2.61. The van der Waals surface area contributed by atoms with E-state index >= 15 is 0 Å². The number of nitrogens with zero attached hydrogens (tertiary/aromatic N) is 2. The second-order valence-electron chi connectivity index (χ2n) is 4.03. The molecule has 114 valence electrons. The molecule has 1 aliphatic heterocycles. The third kappa shape index (κ3) is 3.46. The summed E-state index contributed by atoms with van der Waals surface area (Å²) in [6.45, 7) is -0.609. The molecule has 6 N–H and O–H groups in total. The molecule has 4 atom stereocenters. The molecule has 0 radical (unpaired) electrons. The fourth-order valence-corrected chi connectivity index (χ4v) is 1.96. The number of anilines is 1. The monoisotopic (exact) mass is 311 g/mol. The zero-order valence-electron chi connectivity index (χ0n) is 10.0. The van der Waals surface area contributed by atoms with E-state index in [1.807, 2.05) is 0 Å². The average Bonchev–Trinajstić information content (AvgIpc) is 2.86. The molecule has 0 amide bonds. The van der Waals surface area contributed by atoms with Gasteiger partial charge < -0.3 is 35.3 Å². The zero-order valence-corrected chi connectivity index (χ0v) is 10.9. The normalized spacial score (nSPS) is 30.6. The van der Waals surface area contributed by atoms with Crippen LogP contribution in [0.4, 0.5) is 5.95 Å². The number of aliphatic hydroxyl groups excluding tert-OH is 2. The van der Waals surface area contributed by atoms with Crippen LogP contribution in [0, 0.1) is 0 Å². The Morgan fingerprint density at radius 1 is 1.45 bits per heavy atom. The summed E-state index contributed by atoms with van der Waals surface area (Å²) in [5.74, 6) is 0.00482. The highest BCUT2D eigenvalue weighted by atomic mass is 31.2. The van der Waals surface area contributed by atoms with Gasteiger partial charge in [0.05, 0.1) is 19.0 Å². The van der Waals surface area contributed by atoms with Crippen LogP contribution in [-0.4, -0.2) is 60.9 Å². The van der Waals surface area contributed by atoms with Crippen molar-refractivity contribution in [2.75, 3.05) is 12.3 Å². The van der Waals surface area contributed by atoms with Crippen molar-refractivity contribution >= 4 is 13.8 Å². The van der Waals surface area contributed by atoms with Crippen molar-refractivity contribution in [3.05, 3.63) is 12.4 Å². The average molecular weight is 311 g/mol. The number of aliphatic hydroxyl groups is 2. The number of nitrogens with two attached hydrogens (primary N) is 1. The standard InChI is InChI=1S/C8H14N3O8P/c9-8-10-1-2-11(8)19-7-6(13)5(12)4(18-7)3-17-20(14,15)16/h1-2,4-7,12-13H,3H2,(H2,9,10)(H2,14,15,16)/t4-,5-,6-,7+/m1/s1. The summed E-state index contributed by atoms with van der Waals surface area (Å²) in [6, 6.07) is 0. The highest BCUT2D eigenvalue weighted by Crippen LogP contribution is 2.37. The Labute approximate surface area is 112 Å². The number of hydrogen-bond acceptors (Lipinski definition) is 8. The first-order chi connectivity index (χ1) is 9.28. The first-order valence-electron chi connectivity index (χ1n) is 5.45. The van der Waals surface area contributed by atoms with Crippen LogP contribution >= 0.6 is 7.82 Å². The Kier molecular flexibility index (Phi) is 4.30. The van der Waals surface area contributed by atoms with Crippen LogP contribution in [-0.2, 0) is 13.8 Å². The number of phosphoric acid groups is 1. The lowest BCUT2D eigenvalue weighted by Crippen LogP contribution is -2.38. The van der Waals surface area contributed by atoms with E-state index in [1.165, 1.54) is 12.4 Å². The van der Waals surface area contributed by atoms with E-state index in [0.717, 1.165) is 4.73 Å². The lowest BCUT2D eigenvalue weighted by molar-refractivity contribution is -0.169. The van der Waals surface area contributed by atoms with E-state index in [1.54, 1.807) is 0 Å². The summed E-state index contributed by atoms with van der Waals surface area (Å²) in [7, 11) is -4.70. The van der Waals surface area contributed by atoms with Gasteiger partial charge in [-0.2, -0.15) is 4.73 Å². The van der Waals surface area contributed by atoms with Gasteiger partial charge in [-0.15, -0.1) is 0 Å². The predicted molar refractivity (Wildman–Crippen MR) is 61.9 cm³/mol. The van der Waals surface area contributed by atoms with Gasteiger partial charge in [0.2, 0.25) is 5.95 Å². The molecule has 1 aromatic rings. The predicted octanol–water partition coefficient (Wildman–Crippen LogP) is -2.55. The van der Waals surface area contributed by atoms with Crippen molar-refractivity contribution in [1.82, 2.24) is 9.71 Å². The lowest BCUT2D eigenvalue weighted by atomic mass is 10.1. The van der Waals surface area contributed by atoms with Crippen molar-refractivity contribution in [1.29, 1.82) is 0 Å². The summed E-state index contributed by atoms with van der Waals surface area (Å²) in [5.41, 5.74) is 5.45. The molecule has 12 heteroatoms. The van der Waals surface area contributed by atoms with Crippen LogP contribution in [0.2, 0.25) is 0 Å². The quantitative estimate of drug-likeness (QED) is 0.365. The maximum atomic E-state index is 10.6. The molecule has 1 fully saturated rings. The van der Waals surface area contributed by atoms with Gasteiger partial charge in [-0.1, -0.05) is 0 Å². The molecule has 0 aromatic carbocycles. The minimum atomic E-state index is -4.70. The summed E-state index contributed by atoms with van der Waals surface area (Å²) in [4.78, 5) is 26.0. The van der Waals surface area contributed by atoms with Crippen LogP contribution in [0.15, 0.2) is 12.4 Å². The Bertz CT molecular complexity index is 504. The first kappa shape index (κ1) is 15.2. The number of imidazole rings is 1. The Hall–Kier alpha value is -1.20. The van der Waals surface area contributed by atoms with Gasteiger partial charge in [-0.3, -0.25) is 4.52 Å². The van der Waals surface area contributed by atoms with E-state index < -0.39 is 39.0 Å². The summed E-state index contributed by atoms with van der Waals surface area (Å²) < 4.78 is 20.9. The molecule has 0 spiro atoms. The number of hydrogen-bond donors (Lipinski definition) is 5. The van der Waals surface area contributed by atoms with Crippen molar-refractivity contribution < 1.29 is 38.7 Å². The zero-order chi connectivity index (χ0) is 14.9. The SMILES string of the molecule is Nc1nccn1O[C@@H]1O[C@H](COP(=O)(O)O)[C@@H](O)[C@H]1O. The van der Waals surface area contributed by atoms with E-state index in [9.17, 15) is 14.8 Å². The largest absolute Gasteiger partial charge is 0.469 e. The molecular weight excluding hydrogens is 297 g/mol. The third-order valence-electron chi connectivity index (χ3n) is 2.58. The maximum absolute atomic E-state index is 10.6. The molecule has 11 nitrogen and oxygen atoms in total. The van der Waals surface area contributed by atoms with Crippen LogP contribution in [0.1, 0.15) is 0 Å². The number of rotatable bonds is 5. The molecule has 2 heterocycles. The molecule has 20 heavy (non-hydrogen) atoms. The van der Waals surface area contributed by atoms with Gasteiger partial charge in [0.1, 0.15) is 18.3 Å². The number of nitrogen functional groups attached to an aromatic ring is 1. The van der Waals surface area contributed by atoms with Crippen LogP contribution in [0.25, 0.3) is 0 Å². The highest BCUT2D eigenvalue weighted by molar-refractivity contribution is 7.46. The minimum absolute atomic E-state index is 0.00482. The second-order valence-corrected chi connectivity index (χ2v) is 5.27. The van der Waals surface area contributed by atoms with E-state index in [0.29, 0.717) is 0 Å². The van der Waals surface area contributed by atoms with E-state index in [4.69, 9.17) is 25.1 Å². The first-order valence-corrected chi connectivity index (χ1v) is 6.98. The summed E-state index contributed by atoms with van der Waals surface area (Å²) >= 11 is 0. The van der Waals surface area contributed by atoms with Gasteiger partial charge in [-0.05, 0) is 0 Å². The van der Waals surface area contributed by atoms with Crippen molar-refractivity contribution in [2.24, 2.45) is 0 Å². The Balaban J connectivity index is 1.96. The van der Waals surface area contributed by atoms with Crippen LogP contribution in [0.3, 0.4) is 0 Å². The molecule has 2 rings (SSSR count). The minimum Gasteiger partial charge on any atom is -0.387 e. The lowest BCUT2D eigenvalue weighted by Gasteiger charge is -2.16. The van der Waals surface area contributed by atoms with Crippen molar-refractivity contribution in [3.63, 3.8) is 0 Å². The van der Waals surface area contributed by atoms with Crippen LogP contribution < -0.4 is 10.6 Å². The highest BCUT2D eigenvalue weighted by Gasteiger charge is 2.45. The smallest absolute Gasteiger partial charge is 0.387 e. The van der Waals surface area contributed by atoms with Gasteiger partial charge in [0, 0.05) is 0 Å². The van der Waals surface area contributed by atoms with E-state index in [-0.39, 0.29) is 5.95 Å². The third-order valence-corrected chi connectivity index (χ3v) is 3.06. The van der Waals surface area contributed by atoms with Gasteiger partial charge in [0.25, 0.3) is 6.29 Å². The fourth-order valence-electron chi connectivity index (χ4n) is 1.61. The van der Waals surface area contributed by atoms with Gasteiger partial charge in [-0.25, -0.2) is 9.55 Å². The Morgan fingerprint density at radius 3 is 2.70 bits per heavy atom. The molecule has 0 bridgehead atoms.